The molecule has 28 heavy (non-hydrogen) atoms. The van der Waals surface area contributed by atoms with Crippen LogP contribution in [-0.4, -0.2) is 33.6 Å². The first-order chi connectivity index (χ1) is 13.3. The molecular weight excluding hydrogens is 376 g/mol. The molecule has 1 fully saturated rings. The van der Waals surface area contributed by atoms with E-state index in [1.807, 2.05) is 12.1 Å². The zero-order chi connectivity index (χ0) is 20.1. The van der Waals surface area contributed by atoms with E-state index in [-0.39, 0.29) is 23.5 Å². The fraction of sp³-hybridized carbons (Fsp3) is 0.381. The lowest BCUT2D eigenvalue weighted by Gasteiger charge is -2.12. The fourth-order valence-electron chi connectivity index (χ4n) is 3.03. The Morgan fingerprint density at radius 1 is 1.11 bits per heavy atom. The first kappa shape index (κ1) is 20.5. The Bertz CT molecular complexity index is 900. The van der Waals surface area contributed by atoms with Gasteiger partial charge in [-0.2, -0.15) is 0 Å². The molecule has 1 atom stereocenters. The Morgan fingerprint density at radius 2 is 1.79 bits per heavy atom. The molecular formula is C21H26N2O4S. The minimum atomic E-state index is -3.60. The van der Waals surface area contributed by atoms with Crippen LogP contribution in [0.25, 0.3) is 0 Å². The number of sulfonamides is 1. The van der Waals surface area contributed by atoms with Crippen molar-refractivity contribution in [3.63, 3.8) is 0 Å². The van der Waals surface area contributed by atoms with Crippen LogP contribution in [0.3, 0.4) is 0 Å². The average Bonchev–Trinajstić information content (AvgIpc) is 3.21. The van der Waals surface area contributed by atoms with Crippen LogP contribution in [-0.2, 0) is 14.8 Å². The highest BCUT2D eigenvalue weighted by Crippen LogP contribution is 2.18. The summed E-state index contributed by atoms with van der Waals surface area (Å²) in [4.78, 5) is 12.5. The van der Waals surface area contributed by atoms with E-state index in [9.17, 15) is 13.2 Å². The number of anilines is 1. The summed E-state index contributed by atoms with van der Waals surface area (Å²) in [7, 11) is -3.60. The molecule has 0 bridgehead atoms. The number of hydrogen-bond donors (Lipinski definition) is 2. The monoisotopic (exact) mass is 402 g/mol. The summed E-state index contributed by atoms with van der Waals surface area (Å²) in [5.41, 5.74) is 2.26. The number of ether oxygens (including phenoxy) is 1. The quantitative estimate of drug-likeness (QED) is 0.742. The van der Waals surface area contributed by atoms with Gasteiger partial charge in [-0.1, -0.05) is 26.0 Å². The predicted molar refractivity (Wildman–Crippen MR) is 109 cm³/mol. The van der Waals surface area contributed by atoms with Crippen LogP contribution < -0.4 is 10.0 Å². The number of carbonyl (C=O) groups is 1. The summed E-state index contributed by atoms with van der Waals surface area (Å²) in [6.07, 6.45) is 1.77. The highest BCUT2D eigenvalue weighted by Gasteiger charge is 2.20. The summed E-state index contributed by atoms with van der Waals surface area (Å²) >= 11 is 0. The van der Waals surface area contributed by atoms with Crippen molar-refractivity contribution in [3.8, 4) is 0 Å². The maximum absolute atomic E-state index is 12.4. The maximum atomic E-state index is 12.4. The van der Waals surface area contributed by atoms with E-state index in [4.69, 9.17) is 4.74 Å². The standard InChI is InChI=1S/C21H26N2O4S/c1-15(2)16-5-7-17(8-6-16)21(24)23-18-9-11-20(12-10-18)28(25,26)22-14-19-4-3-13-27-19/h5-12,15,19,22H,3-4,13-14H2,1-2H3,(H,23,24). The number of nitrogens with one attached hydrogen (secondary N) is 2. The summed E-state index contributed by atoms with van der Waals surface area (Å²) in [6, 6.07) is 13.6. The third-order valence-electron chi connectivity index (χ3n) is 4.79. The van der Waals surface area contributed by atoms with Crippen LogP contribution in [0.4, 0.5) is 5.69 Å². The van der Waals surface area contributed by atoms with Crippen molar-refractivity contribution in [2.24, 2.45) is 0 Å². The van der Waals surface area contributed by atoms with Crippen LogP contribution in [0.15, 0.2) is 53.4 Å². The Balaban J connectivity index is 1.60. The van der Waals surface area contributed by atoms with Crippen molar-refractivity contribution in [1.29, 1.82) is 0 Å². The molecule has 1 heterocycles. The molecule has 0 spiro atoms. The Morgan fingerprint density at radius 3 is 2.36 bits per heavy atom. The second-order valence-electron chi connectivity index (χ2n) is 7.24. The van der Waals surface area contributed by atoms with Crippen LogP contribution in [0.1, 0.15) is 48.5 Å². The van der Waals surface area contributed by atoms with Crippen molar-refractivity contribution in [2.45, 2.75) is 43.6 Å². The van der Waals surface area contributed by atoms with Gasteiger partial charge in [0.1, 0.15) is 0 Å². The van der Waals surface area contributed by atoms with Crippen molar-refractivity contribution in [1.82, 2.24) is 4.72 Å². The van der Waals surface area contributed by atoms with Crippen LogP contribution in [0.2, 0.25) is 0 Å². The number of rotatable bonds is 7. The third-order valence-corrected chi connectivity index (χ3v) is 6.23. The number of hydrogen-bond acceptors (Lipinski definition) is 4. The summed E-state index contributed by atoms with van der Waals surface area (Å²) < 4.78 is 32.8. The van der Waals surface area contributed by atoms with Crippen molar-refractivity contribution in [2.75, 3.05) is 18.5 Å². The maximum Gasteiger partial charge on any atom is 0.255 e. The van der Waals surface area contributed by atoms with Gasteiger partial charge < -0.3 is 10.1 Å². The lowest BCUT2D eigenvalue weighted by atomic mass is 10.0. The van der Waals surface area contributed by atoms with Gasteiger partial charge in [0.15, 0.2) is 0 Å². The van der Waals surface area contributed by atoms with Gasteiger partial charge in [-0.05, 0) is 60.7 Å². The summed E-state index contributed by atoms with van der Waals surface area (Å²) in [6.45, 7) is 5.15. The van der Waals surface area contributed by atoms with E-state index < -0.39 is 10.0 Å². The van der Waals surface area contributed by atoms with E-state index in [2.05, 4.69) is 23.9 Å². The van der Waals surface area contributed by atoms with Gasteiger partial charge in [-0.25, -0.2) is 13.1 Å². The number of benzene rings is 2. The normalized spacial score (nSPS) is 17.0. The molecule has 1 aliphatic rings. The Kier molecular flexibility index (Phi) is 6.49. The zero-order valence-electron chi connectivity index (χ0n) is 16.1. The van der Waals surface area contributed by atoms with Gasteiger partial charge in [0.2, 0.25) is 10.0 Å². The fourth-order valence-corrected chi connectivity index (χ4v) is 4.10. The Labute approximate surface area is 166 Å². The smallest absolute Gasteiger partial charge is 0.255 e. The zero-order valence-corrected chi connectivity index (χ0v) is 17.0. The van der Waals surface area contributed by atoms with Gasteiger partial charge >= 0.3 is 0 Å². The molecule has 2 N–H and O–H groups in total. The first-order valence-electron chi connectivity index (χ1n) is 9.48. The molecule has 6 nitrogen and oxygen atoms in total. The summed E-state index contributed by atoms with van der Waals surface area (Å²) in [5.74, 6) is 0.169. The van der Waals surface area contributed by atoms with E-state index in [1.165, 1.54) is 17.7 Å². The molecule has 2 aromatic rings. The predicted octanol–water partition coefficient (Wildman–Crippen LogP) is 3.52. The van der Waals surface area contributed by atoms with Crippen LogP contribution >= 0.6 is 0 Å². The molecule has 0 aliphatic carbocycles. The van der Waals surface area contributed by atoms with Gasteiger partial charge in [0, 0.05) is 24.4 Å². The highest BCUT2D eigenvalue weighted by atomic mass is 32.2. The topological polar surface area (TPSA) is 84.5 Å². The molecule has 0 aromatic heterocycles. The van der Waals surface area contributed by atoms with Gasteiger partial charge in [0.05, 0.1) is 11.0 Å². The number of amides is 1. The van der Waals surface area contributed by atoms with Gasteiger partial charge in [-0.3, -0.25) is 4.79 Å². The van der Waals surface area contributed by atoms with Crippen LogP contribution in [0.5, 0.6) is 0 Å². The molecule has 3 rings (SSSR count). The lowest BCUT2D eigenvalue weighted by molar-refractivity contribution is 0.102. The minimum Gasteiger partial charge on any atom is -0.377 e. The van der Waals surface area contributed by atoms with E-state index in [0.717, 1.165) is 12.8 Å². The minimum absolute atomic E-state index is 0.0598. The van der Waals surface area contributed by atoms with E-state index in [1.54, 1.807) is 24.3 Å². The van der Waals surface area contributed by atoms with Gasteiger partial charge in [-0.15, -0.1) is 0 Å². The average molecular weight is 403 g/mol. The lowest BCUT2D eigenvalue weighted by Crippen LogP contribution is -2.31. The second-order valence-corrected chi connectivity index (χ2v) is 9.01. The van der Waals surface area contributed by atoms with Crippen LogP contribution in [0, 0.1) is 0 Å². The van der Waals surface area contributed by atoms with Crippen molar-refractivity contribution < 1.29 is 17.9 Å². The molecule has 1 saturated heterocycles. The summed E-state index contributed by atoms with van der Waals surface area (Å²) in [5, 5.41) is 2.79. The Hall–Kier alpha value is -2.22. The molecule has 0 saturated carbocycles. The molecule has 2 aromatic carbocycles. The third kappa shape index (κ3) is 5.19. The number of carbonyl (C=O) groups excluding carboxylic acids is 1. The van der Waals surface area contributed by atoms with Gasteiger partial charge in [0.25, 0.3) is 5.91 Å². The first-order valence-corrected chi connectivity index (χ1v) is 11.0. The molecule has 1 aliphatic heterocycles. The largest absolute Gasteiger partial charge is 0.377 e. The highest BCUT2D eigenvalue weighted by molar-refractivity contribution is 7.89. The molecule has 0 radical (unpaired) electrons. The molecule has 150 valence electrons. The molecule has 7 heteroatoms. The van der Waals surface area contributed by atoms with E-state index >= 15 is 0 Å². The van der Waals surface area contributed by atoms with E-state index in [0.29, 0.717) is 23.8 Å². The molecule has 1 unspecified atom stereocenters. The second kappa shape index (κ2) is 8.86. The molecule has 1 amide bonds. The van der Waals surface area contributed by atoms with Crippen molar-refractivity contribution >= 4 is 21.6 Å². The van der Waals surface area contributed by atoms with Crippen molar-refractivity contribution in [3.05, 3.63) is 59.7 Å². The SMILES string of the molecule is CC(C)c1ccc(C(=O)Nc2ccc(S(=O)(=O)NCC3CCCO3)cc2)cc1.